The first-order valence-corrected chi connectivity index (χ1v) is 5.77. The highest BCUT2D eigenvalue weighted by Crippen LogP contribution is 2.31. The molecule has 0 saturated carbocycles. The lowest BCUT2D eigenvalue weighted by Crippen LogP contribution is -2.57. The summed E-state index contributed by atoms with van der Waals surface area (Å²) in [5, 5.41) is 0. The lowest BCUT2D eigenvalue weighted by Gasteiger charge is -2.45. The van der Waals surface area contributed by atoms with E-state index in [1.165, 1.54) is 16.8 Å². The van der Waals surface area contributed by atoms with Crippen molar-refractivity contribution in [2.75, 3.05) is 37.8 Å². The Morgan fingerprint density at radius 2 is 1.69 bits per heavy atom. The van der Waals surface area contributed by atoms with Crippen molar-refractivity contribution >= 4 is 11.4 Å². The summed E-state index contributed by atoms with van der Waals surface area (Å²) in [6, 6.07) is 4.81. The Bertz CT molecular complexity index is 369. The van der Waals surface area contributed by atoms with E-state index in [-0.39, 0.29) is 0 Å². The molecule has 1 heterocycles. The highest BCUT2D eigenvalue weighted by molar-refractivity contribution is 5.65. The van der Waals surface area contributed by atoms with E-state index >= 15 is 0 Å². The van der Waals surface area contributed by atoms with Gasteiger partial charge in [0, 0.05) is 30.5 Å². The molecule has 0 bridgehead atoms. The van der Waals surface area contributed by atoms with Crippen LogP contribution < -0.4 is 10.6 Å². The van der Waals surface area contributed by atoms with E-state index in [0.717, 1.165) is 18.8 Å². The second-order valence-corrected chi connectivity index (χ2v) is 5.03. The minimum absolute atomic E-state index is 0.691. The van der Waals surface area contributed by atoms with Crippen LogP contribution in [0.3, 0.4) is 0 Å². The number of rotatable bonds is 2. The number of nitrogens with two attached hydrogens (primary N) is 1. The van der Waals surface area contributed by atoms with Gasteiger partial charge in [0.15, 0.2) is 0 Å². The first-order valence-electron chi connectivity index (χ1n) is 5.77. The number of nitrogen functional groups attached to an aromatic ring is 1. The Labute approximate surface area is 97.8 Å². The van der Waals surface area contributed by atoms with Gasteiger partial charge in [0.1, 0.15) is 0 Å². The summed E-state index contributed by atoms with van der Waals surface area (Å²) in [4.78, 5) is 4.73. The van der Waals surface area contributed by atoms with Crippen molar-refractivity contribution < 1.29 is 0 Å². The third-order valence-corrected chi connectivity index (χ3v) is 3.42. The number of hydrogen-bond donors (Lipinski definition) is 1. The molecule has 0 atom stereocenters. The van der Waals surface area contributed by atoms with Crippen molar-refractivity contribution in [2.24, 2.45) is 0 Å². The predicted molar refractivity (Wildman–Crippen MR) is 70.0 cm³/mol. The number of benzene rings is 1. The molecule has 3 heteroatoms. The molecule has 1 saturated heterocycles. The van der Waals surface area contributed by atoms with E-state index in [0.29, 0.717) is 6.04 Å². The average Bonchev–Trinajstić information content (AvgIpc) is 2.05. The van der Waals surface area contributed by atoms with Crippen molar-refractivity contribution in [1.29, 1.82) is 0 Å². The summed E-state index contributed by atoms with van der Waals surface area (Å²) in [5.41, 5.74) is 10.6. The Kier molecular flexibility index (Phi) is 2.80. The van der Waals surface area contributed by atoms with E-state index < -0.39 is 0 Å². The molecule has 1 fully saturated rings. The van der Waals surface area contributed by atoms with E-state index in [4.69, 9.17) is 5.73 Å². The van der Waals surface area contributed by atoms with Gasteiger partial charge >= 0.3 is 0 Å². The number of nitrogens with zero attached hydrogens (tertiary/aromatic N) is 2. The van der Waals surface area contributed by atoms with E-state index in [9.17, 15) is 0 Å². The molecule has 2 rings (SSSR count). The summed E-state index contributed by atoms with van der Waals surface area (Å²) in [6.45, 7) is 6.53. The highest BCUT2D eigenvalue weighted by Gasteiger charge is 2.29. The third-order valence-electron chi connectivity index (χ3n) is 3.42. The van der Waals surface area contributed by atoms with Gasteiger partial charge in [0.2, 0.25) is 0 Å². The molecule has 1 aliphatic rings. The van der Waals surface area contributed by atoms with Crippen LogP contribution in [-0.4, -0.2) is 38.1 Å². The van der Waals surface area contributed by atoms with Crippen LogP contribution in [0.2, 0.25) is 0 Å². The standard InChI is InChI=1S/C13H21N3/c1-9-5-11(14)6-10(2)13(9)16-7-12(8-16)15(3)4/h5-6,12H,7-8,14H2,1-4H3. The third kappa shape index (κ3) is 1.87. The molecular weight excluding hydrogens is 198 g/mol. The normalized spacial score (nSPS) is 16.7. The Balaban J connectivity index is 2.18. The van der Waals surface area contributed by atoms with Gasteiger partial charge in [-0.25, -0.2) is 0 Å². The molecule has 1 aromatic carbocycles. The number of likely N-dealkylation sites (N-methyl/N-ethyl adjacent to an activating group) is 1. The van der Waals surface area contributed by atoms with Gasteiger partial charge in [-0.05, 0) is 51.2 Å². The highest BCUT2D eigenvalue weighted by atomic mass is 15.3. The van der Waals surface area contributed by atoms with Crippen molar-refractivity contribution in [3.63, 3.8) is 0 Å². The summed E-state index contributed by atoms with van der Waals surface area (Å²) in [6.07, 6.45) is 0. The molecule has 0 spiro atoms. The topological polar surface area (TPSA) is 32.5 Å². The van der Waals surface area contributed by atoms with Gasteiger partial charge in [-0.2, -0.15) is 0 Å². The van der Waals surface area contributed by atoms with Crippen molar-refractivity contribution in [2.45, 2.75) is 19.9 Å². The fourth-order valence-corrected chi connectivity index (χ4v) is 2.45. The summed E-state index contributed by atoms with van der Waals surface area (Å²) in [5.74, 6) is 0. The van der Waals surface area contributed by atoms with Crippen molar-refractivity contribution in [1.82, 2.24) is 4.90 Å². The lowest BCUT2D eigenvalue weighted by atomic mass is 10.0. The van der Waals surface area contributed by atoms with Gasteiger partial charge < -0.3 is 15.5 Å². The smallest absolute Gasteiger partial charge is 0.0440 e. The quantitative estimate of drug-likeness (QED) is 0.767. The van der Waals surface area contributed by atoms with Gasteiger partial charge in [0.25, 0.3) is 0 Å². The Morgan fingerprint density at radius 3 is 2.12 bits per heavy atom. The van der Waals surface area contributed by atoms with Crippen LogP contribution in [0.1, 0.15) is 11.1 Å². The zero-order chi connectivity index (χ0) is 11.9. The molecule has 3 nitrogen and oxygen atoms in total. The van der Waals surface area contributed by atoms with Crippen LogP contribution in [-0.2, 0) is 0 Å². The molecule has 0 unspecified atom stereocenters. The maximum absolute atomic E-state index is 5.84. The molecule has 1 aliphatic heterocycles. The second-order valence-electron chi connectivity index (χ2n) is 5.03. The number of hydrogen-bond acceptors (Lipinski definition) is 3. The maximum Gasteiger partial charge on any atom is 0.0440 e. The molecule has 2 N–H and O–H groups in total. The van der Waals surface area contributed by atoms with Crippen molar-refractivity contribution in [3.8, 4) is 0 Å². The molecular formula is C13H21N3. The van der Waals surface area contributed by atoms with E-state index in [1.54, 1.807) is 0 Å². The van der Waals surface area contributed by atoms with Gasteiger partial charge in [-0.3, -0.25) is 0 Å². The van der Waals surface area contributed by atoms with Crippen LogP contribution in [0, 0.1) is 13.8 Å². The number of aryl methyl sites for hydroxylation is 2. The SMILES string of the molecule is Cc1cc(N)cc(C)c1N1CC(N(C)C)C1. The predicted octanol–water partition coefficient (Wildman–Crippen LogP) is 1.64. The van der Waals surface area contributed by atoms with Gasteiger partial charge in [-0.15, -0.1) is 0 Å². The summed E-state index contributed by atoms with van der Waals surface area (Å²) >= 11 is 0. The van der Waals surface area contributed by atoms with Crippen LogP contribution in [0.4, 0.5) is 11.4 Å². The zero-order valence-electron chi connectivity index (χ0n) is 10.6. The van der Waals surface area contributed by atoms with Gasteiger partial charge in [-0.1, -0.05) is 0 Å². The fraction of sp³-hybridized carbons (Fsp3) is 0.538. The Hall–Kier alpha value is -1.22. The van der Waals surface area contributed by atoms with Crippen LogP contribution in [0.15, 0.2) is 12.1 Å². The largest absolute Gasteiger partial charge is 0.399 e. The molecule has 0 aliphatic carbocycles. The lowest BCUT2D eigenvalue weighted by molar-refractivity contribution is 0.247. The van der Waals surface area contributed by atoms with Crippen LogP contribution in [0.5, 0.6) is 0 Å². The maximum atomic E-state index is 5.84. The molecule has 1 aromatic rings. The van der Waals surface area contributed by atoms with Gasteiger partial charge in [0.05, 0.1) is 0 Å². The zero-order valence-corrected chi connectivity index (χ0v) is 10.6. The average molecular weight is 219 g/mol. The van der Waals surface area contributed by atoms with Crippen LogP contribution >= 0.6 is 0 Å². The number of anilines is 2. The molecule has 0 radical (unpaired) electrons. The van der Waals surface area contributed by atoms with Crippen LogP contribution in [0.25, 0.3) is 0 Å². The Morgan fingerprint density at radius 1 is 1.19 bits per heavy atom. The summed E-state index contributed by atoms with van der Waals surface area (Å²) < 4.78 is 0. The molecule has 0 amide bonds. The molecule has 0 aromatic heterocycles. The molecule has 88 valence electrons. The van der Waals surface area contributed by atoms with Crippen molar-refractivity contribution in [3.05, 3.63) is 23.3 Å². The molecule has 16 heavy (non-hydrogen) atoms. The second kappa shape index (κ2) is 3.98. The van der Waals surface area contributed by atoms with E-state index in [2.05, 4.69) is 49.9 Å². The summed E-state index contributed by atoms with van der Waals surface area (Å²) in [7, 11) is 4.29. The first-order chi connectivity index (χ1) is 7.49. The fourth-order valence-electron chi connectivity index (χ4n) is 2.45. The minimum atomic E-state index is 0.691. The monoisotopic (exact) mass is 219 g/mol. The first kappa shape index (κ1) is 11.3. The minimum Gasteiger partial charge on any atom is -0.399 e. The van der Waals surface area contributed by atoms with E-state index in [1.807, 2.05) is 0 Å².